The van der Waals surface area contributed by atoms with E-state index in [4.69, 9.17) is 4.74 Å². The number of hydrogen-bond donors (Lipinski definition) is 5. The van der Waals surface area contributed by atoms with Gasteiger partial charge in [-0.05, 0) is 301 Å². The second-order valence-corrected chi connectivity index (χ2v) is 49.7. The van der Waals surface area contributed by atoms with Crippen LogP contribution in [0.4, 0.5) is 28.4 Å². The number of nitrogens with zero attached hydrogens (tertiary/aromatic N) is 17. The van der Waals surface area contributed by atoms with Crippen LogP contribution in [0.5, 0.6) is 5.19 Å². The van der Waals surface area contributed by atoms with E-state index in [2.05, 4.69) is 170 Å². The monoisotopic (exact) mass is 2110 g/mol. The van der Waals surface area contributed by atoms with Gasteiger partial charge in [0.2, 0.25) is 50.1 Å². The second kappa shape index (κ2) is 48.4. The van der Waals surface area contributed by atoms with Gasteiger partial charge in [0.25, 0.3) is 5.19 Å². The molecule has 39 heteroatoms. The van der Waals surface area contributed by atoms with Crippen LogP contribution < -0.4 is 31.3 Å². The maximum Gasteiger partial charge on any atom is 0.273 e. The fourth-order valence-corrected chi connectivity index (χ4v) is 25.7. The Balaban J connectivity index is 0.000000132. The Kier molecular flexibility index (Phi) is 35.2. The lowest BCUT2D eigenvalue weighted by Gasteiger charge is -2.32. The van der Waals surface area contributed by atoms with Crippen molar-refractivity contribution in [2.75, 3.05) is 128 Å². The molecule has 5 N–H and O–H groups in total. The SMILES string of the molecule is CCS(=O)(=O)N1CCC(Nc2cc(-c3cc(C)cc(C#N)c3)cc3ccncc23)CC1.CCS(=O)(=O)N1CCC(Nc2cc(-c3ccc(C)nc3)cc3ccncc23)CC1.CCS(=O)(=O)N1CCC(Nc2cc(-c3cnc(OC)s3)cc3ccncc23)CC1.CCS(=O)(=O)N1CCC(Nc2cc(-c3cncc(C#N)c3)cc3ccncc23)CC1.CCn1cc(-c2cc(NC3CCN(S(=O)(=O)CC)CC3)c3cnccc3c2)cn1. The first-order chi connectivity index (χ1) is 71.3. The lowest BCUT2D eigenvalue weighted by atomic mass is 9.97. The number of anilines is 5. The van der Waals surface area contributed by atoms with Gasteiger partial charge in [0.05, 0.1) is 64.1 Å². The summed E-state index contributed by atoms with van der Waals surface area (Å²) in [6.45, 7) is 20.8. The number of thiazole rings is 1. The number of pyridine rings is 7. The molecule has 5 fully saturated rings. The molecule has 0 radical (unpaired) electrons. The summed E-state index contributed by atoms with van der Waals surface area (Å²) in [5.74, 6) is 0.758. The molecule has 15 aromatic rings. The molecule has 0 bridgehead atoms. The zero-order valence-electron chi connectivity index (χ0n) is 84.7. The van der Waals surface area contributed by atoms with Gasteiger partial charge < -0.3 is 31.3 Å². The van der Waals surface area contributed by atoms with Crippen LogP contribution in [-0.2, 0) is 56.7 Å². The summed E-state index contributed by atoms with van der Waals surface area (Å²) in [5.41, 5.74) is 17.5. The zero-order chi connectivity index (χ0) is 104. The molecule has 5 aliphatic rings. The summed E-state index contributed by atoms with van der Waals surface area (Å²) in [5, 5.41) is 52.4. The standard InChI is InChI=1S/C24H26N4O2S.C22H23N5O2S.C22H26N4O2S.C21H27N5O2S.C20H24N4O3S2/c1-3-31(29,30)28-8-5-22(6-9-28)27-24-14-21(13-19-4-7-26-16-23(19)24)20-11-17(2)10-18(12-20)15-25;1-2-30(28,29)27-7-4-20(5-8-27)26-22-11-18(10-17-3-6-24-15-21(17)22)19-9-16(12-23)13-25-14-19;1-3-29(27,28)26-10-7-20(8-11-26)25-22-13-19(18-5-4-16(2)24-14-18)12-17-6-9-23-15-21(17)22;1-3-25-15-18(13-23-25)17-11-16-5-8-22-14-20(16)21(12-17)24-19-6-9-26(10-7-19)29(27,28)4-2;1-3-29(25,26)24-8-5-16(6-9-24)23-18-11-15(19-13-22-20(27-2)28-19)10-14-4-7-21-12-17(14)18/h4,7,10-14,16,22,27H,3,5-6,8-9H2,1-2H3;3,6,9-11,13-15,20,26H,2,4-5,7-8H2,1H3;4-6,9,12-15,20,25H,3,7-8,10-11H2,1-2H3;5,8,11-15,19,24H,3-4,6-7,9-10H2,1-2H3;4,7,10-13,16,23H,3,5-6,8-9H2,1-2H3. The summed E-state index contributed by atoms with van der Waals surface area (Å²) in [4.78, 5) is 35.4. The van der Waals surface area contributed by atoms with Gasteiger partial charge in [-0.15, -0.1) is 0 Å². The Morgan fingerprint density at radius 3 is 0.959 bits per heavy atom. The third-order valence-electron chi connectivity index (χ3n) is 27.9. The van der Waals surface area contributed by atoms with Crippen LogP contribution in [0.3, 0.4) is 0 Å². The van der Waals surface area contributed by atoms with Crippen LogP contribution in [-0.4, -0.2) is 245 Å². The normalized spacial score (nSPS) is 16.0. The van der Waals surface area contributed by atoms with E-state index in [1.54, 1.807) is 107 Å². The second-order valence-electron chi connectivity index (χ2n) is 37.4. The first-order valence-corrected chi connectivity index (χ1v) is 59.2. The number of fused-ring (bicyclic) bond motifs is 5. The number of nitrogens with one attached hydrogen (secondary N) is 5. The summed E-state index contributed by atoms with van der Waals surface area (Å²) in [7, 11) is -14.0. The molecule has 5 aliphatic heterocycles. The summed E-state index contributed by atoms with van der Waals surface area (Å²) >= 11 is 1.50. The highest BCUT2D eigenvalue weighted by Crippen LogP contribution is 2.41. The van der Waals surface area contributed by atoms with E-state index in [0.717, 1.165) is 219 Å². The van der Waals surface area contributed by atoms with Crippen molar-refractivity contribution in [3.05, 3.63) is 249 Å². The molecule has 6 aromatic carbocycles. The Labute approximate surface area is 871 Å². The molecule has 20 rings (SSSR count). The Hall–Kier alpha value is -13.2. The number of aryl methyl sites for hydroxylation is 3. The third-order valence-corrected chi connectivity index (χ3v) is 38.3. The summed E-state index contributed by atoms with van der Waals surface area (Å²) < 4.78 is 136. The molecule has 148 heavy (non-hydrogen) atoms. The Morgan fingerprint density at radius 1 is 0.331 bits per heavy atom. The number of rotatable bonds is 27. The van der Waals surface area contributed by atoms with E-state index in [1.165, 1.54) is 11.3 Å². The average Bonchev–Trinajstić information content (AvgIpc) is 1.25. The smallest absolute Gasteiger partial charge is 0.273 e. The van der Waals surface area contributed by atoms with Gasteiger partial charge in [0.1, 0.15) is 6.07 Å². The highest BCUT2D eigenvalue weighted by atomic mass is 32.2. The van der Waals surface area contributed by atoms with Gasteiger partial charge in [-0.1, -0.05) is 23.5 Å². The van der Waals surface area contributed by atoms with Crippen molar-refractivity contribution in [1.82, 2.24) is 71.2 Å². The van der Waals surface area contributed by atoms with Crippen LogP contribution >= 0.6 is 11.3 Å². The molecule has 33 nitrogen and oxygen atoms in total. The number of nitriles is 2. The van der Waals surface area contributed by atoms with E-state index in [9.17, 15) is 52.6 Å². The van der Waals surface area contributed by atoms with Gasteiger partial charge in [-0.3, -0.25) is 39.6 Å². The molecule has 774 valence electrons. The van der Waals surface area contributed by atoms with E-state index >= 15 is 0 Å². The molecule has 0 amide bonds. The Morgan fingerprint density at radius 2 is 0.649 bits per heavy atom. The molecule has 0 aliphatic carbocycles. The third kappa shape index (κ3) is 26.6. The highest BCUT2D eigenvalue weighted by molar-refractivity contribution is 7.90. The van der Waals surface area contributed by atoms with Crippen LogP contribution in [0.25, 0.3) is 109 Å². The first kappa shape index (κ1) is 108. The van der Waals surface area contributed by atoms with Crippen LogP contribution in [0.2, 0.25) is 0 Å². The van der Waals surface area contributed by atoms with Gasteiger partial charge in [-0.25, -0.2) is 68.6 Å². The quantitative estimate of drug-likeness (QED) is 0.0319. The fraction of sp³-hybridized carbons (Fsp3) is 0.367. The molecular formula is C109H126N22O11S6. The van der Waals surface area contributed by atoms with Crippen molar-refractivity contribution in [3.63, 3.8) is 0 Å². The van der Waals surface area contributed by atoms with E-state index in [-0.39, 0.29) is 59.0 Å². The molecule has 14 heterocycles. The first-order valence-electron chi connectivity index (χ1n) is 50.3. The largest absolute Gasteiger partial charge is 0.473 e. The van der Waals surface area contributed by atoms with Crippen molar-refractivity contribution in [1.29, 1.82) is 10.5 Å². The highest BCUT2D eigenvalue weighted by Gasteiger charge is 2.34. The summed E-state index contributed by atoms with van der Waals surface area (Å²) in [6, 6.07) is 48.4. The van der Waals surface area contributed by atoms with Crippen molar-refractivity contribution in [2.24, 2.45) is 0 Å². The fourth-order valence-electron chi connectivity index (χ4n) is 19.3. The number of hydrogen-bond acceptors (Lipinski definition) is 28. The molecule has 5 saturated heterocycles. The number of ether oxygens (including phenoxy) is 1. The van der Waals surface area contributed by atoms with Crippen molar-refractivity contribution >= 4 is 144 Å². The lowest BCUT2D eigenvalue weighted by molar-refractivity contribution is 0.330. The van der Waals surface area contributed by atoms with Crippen LogP contribution in [0.1, 0.15) is 128 Å². The van der Waals surface area contributed by atoms with Crippen LogP contribution in [0.15, 0.2) is 227 Å². The number of sulfonamides is 5. The molecule has 0 atom stereocenters. The van der Waals surface area contributed by atoms with Gasteiger partial charge >= 0.3 is 0 Å². The maximum absolute atomic E-state index is 12.1. The molecule has 9 aromatic heterocycles. The minimum absolute atomic E-state index is 0.138. The van der Waals surface area contributed by atoms with Gasteiger partial charge in [0.15, 0.2) is 0 Å². The van der Waals surface area contributed by atoms with Crippen molar-refractivity contribution in [3.8, 4) is 72.3 Å². The number of aromatic nitrogens is 10. The van der Waals surface area contributed by atoms with Crippen LogP contribution in [0, 0.1) is 36.5 Å². The van der Waals surface area contributed by atoms with Crippen molar-refractivity contribution in [2.45, 2.75) is 156 Å². The van der Waals surface area contributed by atoms with Crippen molar-refractivity contribution < 1.29 is 46.8 Å². The Bertz CT molecular complexity index is 7760. The predicted molar refractivity (Wildman–Crippen MR) is 592 cm³/mol. The number of methoxy groups -OCH3 is 1. The lowest BCUT2D eigenvalue weighted by Crippen LogP contribution is -2.42. The minimum atomic E-state index is -3.14. The van der Waals surface area contributed by atoms with Gasteiger partial charge in [0, 0.05) is 273 Å². The average molecular weight is 2110 g/mol. The van der Waals surface area contributed by atoms with Gasteiger partial charge in [-0.2, -0.15) is 15.6 Å². The van der Waals surface area contributed by atoms with E-state index in [1.807, 2.05) is 123 Å². The molecule has 0 saturated carbocycles. The maximum atomic E-state index is 12.1. The molecule has 0 unspecified atom stereocenters. The minimum Gasteiger partial charge on any atom is -0.473 e. The summed E-state index contributed by atoms with van der Waals surface area (Å²) in [6.07, 6.45) is 36.9. The number of piperidine rings is 5. The van der Waals surface area contributed by atoms with E-state index in [0.29, 0.717) is 81.8 Å². The molecular weight excluding hydrogens is 1990 g/mol. The zero-order valence-corrected chi connectivity index (χ0v) is 89.6. The topological polar surface area (TPSA) is 425 Å². The van der Waals surface area contributed by atoms with E-state index < -0.39 is 50.1 Å². The predicted octanol–water partition coefficient (Wildman–Crippen LogP) is 18.5. The number of benzene rings is 6. The molecule has 0 spiro atoms.